The average molecular weight is 264 g/mol. The molecule has 18 heavy (non-hydrogen) atoms. The number of aliphatic hydroxyl groups is 2. The van der Waals surface area contributed by atoms with Crippen LogP contribution in [0, 0.1) is 0 Å². The van der Waals surface area contributed by atoms with Crippen LogP contribution in [0.1, 0.15) is 27.7 Å². The Morgan fingerprint density at radius 3 is 2.44 bits per heavy atom. The van der Waals surface area contributed by atoms with Gasteiger partial charge in [-0.05, 0) is 27.7 Å². The molecule has 0 aromatic carbocycles. The molecule has 2 N–H and O–H groups in total. The molecule has 1 aliphatic rings. The van der Waals surface area contributed by atoms with Crippen LogP contribution < -0.4 is 0 Å². The molecule has 1 aliphatic heterocycles. The van der Waals surface area contributed by atoms with E-state index in [9.17, 15) is 10.2 Å². The third-order valence-electron chi connectivity index (χ3n) is 2.87. The lowest BCUT2D eigenvalue weighted by Crippen LogP contribution is -2.42. The molecular formula is C12H24O6. The van der Waals surface area contributed by atoms with E-state index < -0.39 is 29.9 Å². The third-order valence-corrected chi connectivity index (χ3v) is 2.87. The first-order chi connectivity index (χ1) is 8.21. The van der Waals surface area contributed by atoms with Crippen molar-refractivity contribution < 1.29 is 29.2 Å². The minimum atomic E-state index is -0.890. The Balaban J connectivity index is 2.53. The highest BCUT2D eigenvalue weighted by molar-refractivity contribution is 4.86. The van der Waals surface area contributed by atoms with Gasteiger partial charge in [0.1, 0.15) is 18.3 Å². The molecule has 3 atom stereocenters. The van der Waals surface area contributed by atoms with Crippen LogP contribution in [0.5, 0.6) is 0 Å². The van der Waals surface area contributed by atoms with Crippen molar-refractivity contribution in [3.63, 3.8) is 0 Å². The molecular weight excluding hydrogens is 240 g/mol. The molecule has 6 nitrogen and oxygen atoms in total. The monoisotopic (exact) mass is 264 g/mol. The first-order valence-electron chi connectivity index (χ1n) is 6.04. The number of hydrogen-bond acceptors (Lipinski definition) is 6. The van der Waals surface area contributed by atoms with E-state index in [4.69, 9.17) is 18.9 Å². The molecule has 1 saturated heterocycles. The second kappa shape index (κ2) is 5.81. The summed E-state index contributed by atoms with van der Waals surface area (Å²) in [6.07, 6.45) is -2.06. The molecule has 0 saturated carbocycles. The van der Waals surface area contributed by atoms with E-state index in [1.807, 2.05) is 0 Å². The van der Waals surface area contributed by atoms with E-state index in [2.05, 4.69) is 0 Å². The minimum Gasteiger partial charge on any atom is -0.394 e. The largest absolute Gasteiger partial charge is 0.394 e. The lowest BCUT2D eigenvalue weighted by atomic mass is 10.1. The van der Waals surface area contributed by atoms with Gasteiger partial charge in [0.15, 0.2) is 11.6 Å². The van der Waals surface area contributed by atoms with Crippen LogP contribution in [-0.4, -0.2) is 60.4 Å². The Hall–Kier alpha value is -0.240. The van der Waals surface area contributed by atoms with Crippen LogP contribution >= 0.6 is 0 Å². The smallest absolute Gasteiger partial charge is 0.164 e. The predicted octanol–water partition coefficient (Wildman–Crippen LogP) is 0.259. The standard InChI is InChI=1S/C12H24O6/c1-11(2,15-5)16-7-8(14)10-9(6-13)17-12(3,4)18-10/h8-10,13-14H,6-7H2,1-5H3. The number of aliphatic hydroxyl groups excluding tert-OH is 2. The molecule has 6 heteroatoms. The average Bonchev–Trinajstić information content (AvgIpc) is 2.62. The fraction of sp³-hybridized carbons (Fsp3) is 1.00. The Labute approximate surface area is 108 Å². The summed E-state index contributed by atoms with van der Waals surface area (Å²) in [6.45, 7) is 6.81. The first kappa shape index (κ1) is 15.8. The number of methoxy groups -OCH3 is 1. The predicted molar refractivity (Wildman–Crippen MR) is 64.0 cm³/mol. The summed E-state index contributed by atoms with van der Waals surface area (Å²) in [6, 6.07) is 0. The van der Waals surface area contributed by atoms with Crippen LogP contribution in [0.3, 0.4) is 0 Å². The van der Waals surface area contributed by atoms with E-state index in [-0.39, 0.29) is 13.2 Å². The van der Waals surface area contributed by atoms with Crippen molar-refractivity contribution in [2.24, 2.45) is 0 Å². The topological polar surface area (TPSA) is 77.4 Å². The Kier molecular flexibility index (Phi) is 5.11. The van der Waals surface area contributed by atoms with Gasteiger partial charge in [0.05, 0.1) is 13.2 Å². The van der Waals surface area contributed by atoms with E-state index in [0.717, 1.165) is 0 Å². The Bertz CT molecular complexity index is 265. The lowest BCUT2D eigenvalue weighted by Gasteiger charge is -2.27. The number of rotatable bonds is 6. The van der Waals surface area contributed by atoms with Crippen molar-refractivity contribution in [2.75, 3.05) is 20.3 Å². The maximum absolute atomic E-state index is 10.0. The zero-order chi connectivity index (χ0) is 14.0. The highest BCUT2D eigenvalue weighted by atomic mass is 16.8. The van der Waals surface area contributed by atoms with E-state index >= 15 is 0 Å². The quantitative estimate of drug-likeness (QED) is 0.670. The van der Waals surface area contributed by atoms with Gasteiger partial charge in [0, 0.05) is 7.11 Å². The van der Waals surface area contributed by atoms with Crippen LogP contribution in [0.25, 0.3) is 0 Å². The summed E-state index contributed by atoms with van der Waals surface area (Å²) in [5.41, 5.74) is 0. The second-order valence-electron chi connectivity index (χ2n) is 5.30. The maximum Gasteiger partial charge on any atom is 0.164 e. The van der Waals surface area contributed by atoms with Gasteiger partial charge in [-0.2, -0.15) is 0 Å². The molecule has 1 heterocycles. The van der Waals surface area contributed by atoms with E-state index in [0.29, 0.717) is 0 Å². The zero-order valence-corrected chi connectivity index (χ0v) is 11.7. The van der Waals surface area contributed by atoms with Crippen molar-refractivity contribution in [3.8, 4) is 0 Å². The molecule has 1 rings (SSSR count). The molecule has 108 valence electrons. The van der Waals surface area contributed by atoms with Gasteiger partial charge in [0.2, 0.25) is 0 Å². The van der Waals surface area contributed by atoms with Crippen molar-refractivity contribution >= 4 is 0 Å². The van der Waals surface area contributed by atoms with Gasteiger partial charge >= 0.3 is 0 Å². The van der Waals surface area contributed by atoms with Crippen molar-refractivity contribution in [2.45, 2.75) is 57.6 Å². The van der Waals surface area contributed by atoms with Gasteiger partial charge < -0.3 is 29.2 Å². The lowest BCUT2D eigenvalue weighted by molar-refractivity contribution is -0.220. The molecule has 0 aromatic rings. The highest BCUT2D eigenvalue weighted by Gasteiger charge is 2.44. The van der Waals surface area contributed by atoms with Crippen molar-refractivity contribution in [1.29, 1.82) is 0 Å². The van der Waals surface area contributed by atoms with Crippen LogP contribution in [0.15, 0.2) is 0 Å². The summed E-state index contributed by atoms with van der Waals surface area (Å²) < 4.78 is 21.5. The van der Waals surface area contributed by atoms with Gasteiger partial charge in [-0.25, -0.2) is 0 Å². The number of hydrogen-bond donors (Lipinski definition) is 2. The molecule has 0 aromatic heterocycles. The second-order valence-corrected chi connectivity index (χ2v) is 5.30. The van der Waals surface area contributed by atoms with Crippen LogP contribution in [0.2, 0.25) is 0 Å². The summed E-state index contributed by atoms with van der Waals surface area (Å²) >= 11 is 0. The fourth-order valence-corrected chi connectivity index (χ4v) is 1.77. The third kappa shape index (κ3) is 4.15. The van der Waals surface area contributed by atoms with Gasteiger partial charge in [0.25, 0.3) is 0 Å². The summed E-state index contributed by atoms with van der Waals surface area (Å²) in [7, 11) is 1.53. The fourth-order valence-electron chi connectivity index (χ4n) is 1.77. The summed E-state index contributed by atoms with van der Waals surface area (Å²) in [4.78, 5) is 0. The highest BCUT2D eigenvalue weighted by Crippen LogP contribution is 2.30. The van der Waals surface area contributed by atoms with Gasteiger partial charge in [-0.1, -0.05) is 0 Å². The minimum absolute atomic E-state index is 0.0431. The zero-order valence-electron chi connectivity index (χ0n) is 11.7. The van der Waals surface area contributed by atoms with Crippen LogP contribution in [0.4, 0.5) is 0 Å². The van der Waals surface area contributed by atoms with Crippen LogP contribution in [-0.2, 0) is 18.9 Å². The molecule has 0 radical (unpaired) electrons. The van der Waals surface area contributed by atoms with E-state index in [1.54, 1.807) is 27.7 Å². The van der Waals surface area contributed by atoms with Crippen molar-refractivity contribution in [3.05, 3.63) is 0 Å². The Morgan fingerprint density at radius 2 is 1.94 bits per heavy atom. The molecule has 3 unspecified atom stereocenters. The molecule has 0 bridgehead atoms. The maximum atomic E-state index is 10.0. The van der Waals surface area contributed by atoms with Gasteiger partial charge in [-0.3, -0.25) is 0 Å². The summed E-state index contributed by atoms with van der Waals surface area (Å²) in [5, 5.41) is 19.3. The van der Waals surface area contributed by atoms with Crippen molar-refractivity contribution in [1.82, 2.24) is 0 Å². The SMILES string of the molecule is COC(C)(C)OCC(O)C1OC(C)(C)OC1CO. The molecule has 1 fully saturated rings. The normalized spacial score (nSPS) is 29.5. The van der Waals surface area contributed by atoms with Gasteiger partial charge in [-0.15, -0.1) is 0 Å². The molecule has 0 amide bonds. The molecule has 0 aliphatic carbocycles. The summed E-state index contributed by atoms with van der Waals surface area (Å²) in [5.74, 6) is -1.58. The first-order valence-corrected chi connectivity index (χ1v) is 6.04. The molecule has 0 spiro atoms. The Morgan fingerprint density at radius 1 is 1.33 bits per heavy atom. The van der Waals surface area contributed by atoms with E-state index in [1.165, 1.54) is 7.11 Å². The number of ether oxygens (including phenoxy) is 4.